The van der Waals surface area contributed by atoms with Crippen LogP contribution in [-0.2, 0) is 9.59 Å². The van der Waals surface area contributed by atoms with Gasteiger partial charge in [-0.25, -0.2) is 0 Å². The van der Waals surface area contributed by atoms with Gasteiger partial charge in [-0.05, 0) is 24.3 Å². The van der Waals surface area contributed by atoms with Crippen molar-refractivity contribution in [2.24, 2.45) is 0 Å². The maximum Gasteiger partial charge on any atom is 0.276 e. The molecular formula is C17H13N3O4. The quantitative estimate of drug-likeness (QED) is 0.378. The molecule has 2 aromatic rings. The minimum Gasteiger partial charge on any atom is -0.505 e. The van der Waals surface area contributed by atoms with Crippen molar-refractivity contribution in [3.63, 3.8) is 0 Å². The zero-order valence-electron chi connectivity index (χ0n) is 12.4. The van der Waals surface area contributed by atoms with Crippen LogP contribution in [0.3, 0.4) is 0 Å². The summed E-state index contributed by atoms with van der Waals surface area (Å²) in [5, 5.41) is 17.8. The number of anilines is 2. The van der Waals surface area contributed by atoms with Gasteiger partial charge in [0.15, 0.2) is 6.29 Å². The van der Waals surface area contributed by atoms with Gasteiger partial charge in [-0.2, -0.15) is 0 Å². The molecule has 0 aliphatic carbocycles. The lowest BCUT2D eigenvalue weighted by atomic mass is 10.2. The minimum atomic E-state index is -0.630. The molecule has 0 saturated carbocycles. The molecule has 2 amide bonds. The Morgan fingerprint density at radius 1 is 0.875 bits per heavy atom. The number of benzene rings is 2. The summed E-state index contributed by atoms with van der Waals surface area (Å²) in [5.74, 6) is -1.52. The first kappa shape index (κ1) is 15.3. The Labute approximate surface area is 137 Å². The van der Waals surface area contributed by atoms with Gasteiger partial charge in [0.05, 0.1) is 11.3 Å². The molecule has 1 aliphatic heterocycles. The first-order chi connectivity index (χ1) is 11.6. The highest BCUT2D eigenvalue weighted by Gasteiger charge is 2.31. The highest BCUT2D eigenvalue weighted by atomic mass is 16.3. The number of phenols is 1. The Bertz CT molecular complexity index is 859. The van der Waals surface area contributed by atoms with Crippen LogP contribution in [0.4, 0.5) is 11.4 Å². The van der Waals surface area contributed by atoms with E-state index in [1.165, 1.54) is 12.1 Å². The number of amides is 2. The van der Waals surface area contributed by atoms with E-state index in [0.717, 1.165) is 0 Å². The van der Waals surface area contributed by atoms with Crippen LogP contribution in [0.15, 0.2) is 59.9 Å². The molecular weight excluding hydrogens is 310 g/mol. The van der Waals surface area contributed by atoms with Gasteiger partial charge in [0.2, 0.25) is 0 Å². The van der Waals surface area contributed by atoms with Crippen molar-refractivity contribution in [2.75, 3.05) is 10.6 Å². The zero-order valence-corrected chi connectivity index (χ0v) is 12.4. The van der Waals surface area contributed by atoms with Crippen LogP contribution in [0.25, 0.3) is 0 Å². The van der Waals surface area contributed by atoms with Gasteiger partial charge in [-0.15, -0.1) is 0 Å². The largest absolute Gasteiger partial charge is 0.505 e. The fourth-order valence-electron chi connectivity index (χ4n) is 2.25. The monoisotopic (exact) mass is 323 g/mol. The lowest BCUT2D eigenvalue weighted by molar-refractivity contribution is -0.124. The van der Waals surface area contributed by atoms with Crippen molar-refractivity contribution in [1.29, 1.82) is 0 Å². The van der Waals surface area contributed by atoms with Crippen LogP contribution in [0.1, 0.15) is 10.4 Å². The van der Waals surface area contributed by atoms with Crippen LogP contribution in [0, 0.1) is 0 Å². The van der Waals surface area contributed by atoms with Crippen molar-refractivity contribution >= 4 is 29.5 Å². The fourth-order valence-corrected chi connectivity index (χ4v) is 2.25. The van der Waals surface area contributed by atoms with E-state index in [1.807, 2.05) is 6.07 Å². The van der Waals surface area contributed by atoms with Gasteiger partial charge in [0.1, 0.15) is 17.1 Å². The van der Waals surface area contributed by atoms with Crippen molar-refractivity contribution in [1.82, 2.24) is 5.32 Å². The van der Waals surface area contributed by atoms with E-state index in [0.29, 0.717) is 12.0 Å². The van der Waals surface area contributed by atoms with E-state index < -0.39 is 11.8 Å². The Balaban J connectivity index is 1.97. The average Bonchev–Trinajstić information content (AvgIpc) is 2.84. The summed E-state index contributed by atoms with van der Waals surface area (Å²) >= 11 is 0. The molecule has 0 radical (unpaired) electrons. The smallest absolute Gasteiger partial charge is 0.276 e. The number of hydrogen-bond donors (Lipinski definition) is 4. The third-order valence-electron chi connectivity index (χ3n) is 3.43. The molecule has 4 N–H and O–H groups in total. The predicted octanol–water partition coefficient (Wildman–Crippen LogP) is 1.60. The number of hydrogen-bond acceptors (Lipinski definition) is 6. The summed E-state index contributed by atoms with van der Waals surface area (Å²) in [6.45, 7) is 0. The van der Waals surface area contributed by atoms with E-state index in [4.69, 9.17) is 0 Å². The molecule has 1 heterocycles. The lowest BCUT2D eigenvalue weighted by Gasteiger charge is -2.11. The highest BCUT2D eigenvalue weighted by molar-refractivity contribution is 6.21. The third-order valence-corrected chi connectivity index (χ3v) is 3.43. The van der Waals surface area contributed by atoms with E-state index in [2.05, 4.69) is 16.0 Å². The topological polar surface area (TPSA) is 108 Å². The summed E-state index contributed by atoms with van der Waals surface area (Å²) in [6, 6.07) is 13.3. The third kappa shape index (κ3) is 2.82. The van der Waals surface area contributed by atoms with E-state index in [9.17, 15) is 19.5 Å². The predicted molar refractivity (Wildman–Crippen MR) is 87.4 cm³/mol. The average molecular weight is 323 g/mol. The van der Waals surface area contributed by atoms with Crippen LogP contribution >= 0.6 is 0 Å². The maximum absolute atomic E-state index is 12.0. The molecule has 0 fully saturated rings. The normalized spacial score (nSPS) is 13.7. The molecule has 0 spiro atoms. The Morgan fingerprint density at radius 3 is 2.21 bits per heavy atom. The molecule has 2 aromatic carbocycles. The number of para-hydroxylation sites is 2. The molecule has 120 valence electrons. The first-order valence-corrected chi connectivity index (χ1v) is 7.06. The summed E-state index contributed by atoms with van der Waals surface area (Å²) in [6.07, 6.45) is 0.498. The molecule has 3 rings (SSSR count). The van der Waals surface area contributed by atoms with Gasteiger partial charge < -0.3 is 15.7 Å². The van der Waals surface area contributed by atoms with Crippen LogP contribution < -0.4 is 16.0 Å². The number of aromatic hydroxyl groups is 1. The van der Waals surface area contributed by atoms with Gasteiger partial charge >= 0.3 is 0 Å². The number of aldehydes is 1. The lowest BCUT2D eigenvalue weighted by Crippen LogP contribution is -2.25. The molecule has 0 bridgehead atoms. The number of nitrogens with one attached hydrogen (secondary N) is 3. The number of phenolic OH excluding ortho intramolecular Hbond substituents is 1. The minimum absolute atomic E-state index is 0.0297. The summed E-state index contributed by atoms with van der Waals surface area (Å²) in [5.41, 5.74) is 0.835. The molecule has 24 heavy (non-hydrogen) atoms. The Morgan fingerprint density at radius 2 is 1.54 bits per heavy atom. The fraction of sp³-hybridized carbons (Fsp3) is 0. The zero-order chi connectivity index (χ0) is 17.1. The van der Waals surface area contributed by atoms with Gasteiger partial charge in [-0.1, -0.05) is 24.3 Å². The SMILES string of the molecule is O=Cc1cccc(NC2=C(Nc3ccccc3)C(=O)NC2=O)c1O. The number of carbonyl (C=O) groups excluding carboxylic acids is 3. The Kier molecular flexibility index (Phi) is 3.98. The number of rotatable bonds is 5. The highest BCUT2D eigenvalue weighted by Crippen LogP contribution is 2.29. The second kappa shape index (κ2) is 6.25. The first-order valence-electron chi connectivity index (χ1n) is 7.06. The number of imide groups is 1. The van der Waals surface area contributed by atoms with Gasteiger partial charge in [-0.3, -0.25) is 19.7 Å². The number of carbonyl (C=O) groups is 3. The van der Waals surface area contributed by atoms with Crippen molar-refractivity contribution in [3.05, 3.63) is 65.5 Å². The van der Waals surface area contributed by atoms with Gasteiger partial charge in [0.25, 0.3) is 11.8 Å². The molecule has 0 atom stereocenters. The Hall–Kier alpha value is -3.61. The maximum atomic E-state index is 12.0. The van der Waals surface area contributed by atoms with Crippen LogP contribution in [-0.4, -0.2) is 23.2 Å². The second-order valence-corrected chi connectivity index (χ2v) is 5.01. The van der Waals surface area contributed by atoms with Crippen LogP contribution in [0.2, 0.25) is 0 Å². The molecule has 0 saturated heterocycles. The summed E-state index contributed by atoms with van der Waals surface area (Å²) < 4.78 is 0. The van der Waals surface area contributed by atoms with E-state index in [1.54, 1.807) is 30.3 Å². The summed E-state index contributed by atoms with van der Waals surface area (Å²) in [7, 11) is 0. The van der Waals surface area contributed by atoms with Crippen molar-refractivity contribution < 1.29 is 19.5 Å². The second-order valence-electron chi connectivity index (χ2n) is 5.01. The molecule has 7 heteroatoms. The van der Waals surface area contributed by atoms with Crippen molar-refractivity contribution in [3.8, 4) is 5.75 Å². The van der Waals surface area contributed by atoms with Gasteiger partial charge in [0, 0.05) is 5.69 Å². The standard InChI is InChI=1S/C17H13N3O4/c21-9-10-5-4-8-12(15(10)22)19-14-13(16(23)20-17(14)24)18-11-6-2-1-3-7-11/h1-9,22H,(H3,18,19,20,23,24). The molecule has 0 unspecified atom stereocenters. The van der Waals surface area contributed by atoms with Crippen LogP contribution in [0.5, 0.6) is 5.75 Å². The van der Waals surface area contributed by atoms with E-state index >= 15 is 0 Å². The molecule has 7 nitrogen and oxygen atoms in total. The van der Waals surface area contributed by atoms with E-state index in [-0.39, 0.29) is 28.4 Å². The van der Waals surface area contributed by atoms with Crippen molar-refractivity contribution in [2.45, 2.75) is 0 Å². The summed E-state index contributed by atoms with van der Waals surface area (Å²) in [4.78, 5) is 34.9. The molecule has 1 aliphatic rings. The molecule has 0 aromatic heterocycles.